The van der Waals surface area contributed by atoms with Crippen molar-refractivity contribution in [3.63, 3.8) is 0 Å². The second-order valence-corrected chi connectivity index (χ2v) is 9.37. The monoisotopic (exact) mass is 416 g/mol. The summed E-state index contributed by atoms with van der Waals surface area (Å²) in [5.41, 5.74) is 2.25. The first-order valence-corrected chi connectivity index (χ1v) is 12.9. The molecule has 2 heteroatoms. The third-order valence-electron chi connectivity index (χ3n) is 6.00. The van der Waals surface area contributed by atoms with Crippen molar-refractivity contribution in [1.29, 1.82) is 0 Å². The predicted molar refractivity (Wildman–Crippen MR) is 130 cm³/mol. The molecule has 0 unspecified atom stereocenters. The molecular formula is C28H48O2. The topological polar surface area (TPSA) is 26.3 Å². The van der Waals surface area contributed by atoms with Crippen molar-refractivity contribution in [3.05, 3.63) is 29.3 Å². The van der Waals surface area contributed by atoms with Crippen LogP contribution in [0.1, 0.15) is 141 Å². The molecule has 0 N–H and O–H groups in total. The van der Waals surface area contributed by atoms with Crippen LogP contribution in [0.3, 0.4) is 0 Å². The Morgan fingerprint density at radius 2 is 1.23 bits per heavy atom. The van der Waals surface area contributed by atoms with Crippen LogP contribution in [0.15, 0.2) is 18.2 Å². The van der Waals surface area contributed by atoms with Gasteiger partial charge in [0, 0.05) is 6.42 Å². The van der Waals surface area contributed by atoms with Crippen molar-refractivity contribution in [2.45, 2.75) is 136 Å². The van der Waals surface area contributed by atoms with Crippen molar-refractivity contribution in [1.82, 2.24) is 0 Å². The summed E-state index contributed by atoms with van der Waals surface area (Å²) >= 11 is 0. The molecule has 1 aromatic carbocycles. The van der Waals surface area contributed by atoms with Crippen molar-refractivity contribution >= 4 is 5.97 Å². The van der Waals surface area contributed by atoms with Gasteiger partial charge in [-0.15, -0.1) is 0 Å². The lowest BCUT2D eigenvalue weighted by Gasteiger charge is -2.13. The number of aryl methyl sites for hydroxylation is 1. The number of hydrogen-bond acceptors (Lipinski definition) is 2. The van der Waals surface area contributed by atoms with Crippen LogP contribution in [0, 0.1) is 6.92 Å². The molecule has 0 aliphatic rings. The lowest BCUT2D eigenvalue weighted by Crippen LogP contribution is -2.09. The third kappa shape index (κ3) is 13.1. The van der Waals surface area contributed by atoms with Crippen LogP contribution < -0.4 is 4.74 Å². The van der Waals surface area contributed by atoms with Gasteiger partial charge in [-0.25, -0.2) is 0 Å². The summed E-state index contributed by atoms with van der Waals surface area (Å²) < 4.78 is 5.67. The van der Waals surface area contributed by atoms with Gasteiger partial charge in [-0.1, -0.05) is 123 Å². The number of carbonyl (C=O) groups is 1. The SMILES string of the molecule is CCCCCCCCCCCCCCCCCC(=O)Oc1cc(C)ccc1C(C)C. The Morgan fingerprint density at radius 1 is 0.767 bits per heavy atom. The average Bonchev–Trinajstić information content (AvgIpc) is 2.70. The van der Waals surface area contributed by atoms with E-state index in [-0.39, 0.29) is 5.97 Å². The van der Waals surface area contributed by atoms with Crippen LogP contribution in [0.5, 0.6) is 5.75 Å². The largest absolute Gasteiger partial charge is 0.426 e. The molecule has 172 valence electrons. The van der Waals surface area contributed by atoms with Gasteiger partial charge in [0.05, 0.1) is 0 Å². The highest BCUT2D eigenvalue weighted by molar-refractivity contribution is 5.72. The molecule has 0 aliphatic carbocycles. The van der Waals surface area contributed by atoms with E-state index in [4.69, 9.17) is 4.74 Å². The van der Waals surface area contributed by atoms with Crippen LogP contribution >= 0.6 is 0 Å². The van der Waals surface area contributed by atoms with Crippen molar-refractivity contribution < 1.29 is 9.53 Å². The van der Waals surface area contributed by atoms with Gasteiger partial charge in [0.1, 0.15) is 5.75 Å². The first-order chi connectivity index (χ1) is 14.5. The minimum absolute atomic E-state index is 0.0859. The Labute approximate surface area is 187 Å². The van der Waals surface area contributed by atoms with Crippen molar-refractivity contribution in [2.24, 2.45) is 0 Å². The van der Waals surface area contributed by atoms with Crippen molar-refractivity contribution in [3.8, 4) is 5.75 Å². The van der Waals surface area contributed by atoms with E-state index in [9.17, 15) is 4.79 Å². The van der Waals surface area contributed by atoms with E-state index < -0.39 is 0 Å². The number of esters is 1. The second-order valence-electron chi connectivity index (χ2n) is 9.37. The molecule has 0 saturated heterocycles. The molecule has 0 aromatic heterocycles. The fourth-order valence-electron chi connectivity index (χ4n) is 4.02. The smallest absolute Gasteiger partial charge is 0.311 e. The molecule has 0 atom stereocenters. The first-order valence-electron chi connectivity index (χ1n) is 12.9. The maximum atomic E-state index is 12.2. The molecular weight excluding hydrogens is 368 g/mol. The van der Waals surface area contributed by atoms with E-state index in [0.717, 1.165) is 29.7 Å². The lowest BCUT2D eigenvalue weighted by atomic mass is 10.0. The average molecular weight is 417 g/mol. The summed E-state index contributed by atoms with van der Waals surface area (Å²) in [6.45, 7) is 8.59. The van der Waals surface area contributed by atoms with Gasteiger partial charge in [-0.2, -0.15) is 0 Å². The summed E-state index contributed by atoms with van der Waals surface area (Å²) in [6, 6.07) is 6.15. The second kappa shape index (κ2) is 17.4. The Balaban J connectivity index is 1.97. The van der Waals surface area contributed by atoms with E-state index in [1.165, 1.54) is 83.5 Å². The number of benzene rings is 1. The maximum absolute atomic E-state index is 12.2. The van der Waals surface area contributed by atoms with Crippen LogP contribution in [0.4, 0.5) is 0 Å². The normalized spacial score (nSPS) is 11.2. The molecule has 0 spiro atoms. The summed E-state index contributed by atoms with van der Waals surface area (Å²) in [6.07, 6.45) is 20.6. The summed E-state index contributed by atoms with van der Waals surface area (Å²) in [7, 11) is 0. The van der Waals surface area contributed by atoms with Crippen LogP contribution in [-0.4, -0.2) is 5.97 Å². The molecule has 0 radical (unpaired) electrons. The summed E-state index contributed by atoms with van der Waals surface area (Å²) in [5.74, 6) is 1.02. The highest BCUT2D eigenvalue weighted by atomic mass is 16.5. The molecule has 0 heterocycles. The van der Waals surface area contributed by atoms with E-state index in [0.29, 0.717) is 12.3 Å². The maximum Gasteiger partial charge on any atom is 0.311 e. The Hall–Kier alpha value is -1.31. The molecule has 0 aliphatic heterocycles. The van der Waals surface area contributed by atoms with Crippen molar-refractivity contribution in [2.75, 3.05) is 0 Å². The van der Waals surface area contributed by atoms with Gasteiger partial charge in [-0.3, -0.25) is 4.79 Å². The highest BCUT2D eigenvalue weighted by Crippen LogP contribution is 2.28. The number of hydrogen-bond donors (Lipinski definition) is 0. The zero-order chi connectivity index (χ0) is 22.0. The minimum atomic E-state index is -0.0859. The highest BCUT2D eigenvalue weighted by Gasteiger charge is 2.12. The first kappa shape index (κ1) is 26.7. The van der Waals surface area contributed by atoms with Gasteiger partial charge >= 0.3 is 5.97 Å². The van der Waals surface area contributed by atoms with Crippen LogP contribution in [0.2, 0.25) is 0 Å². The molecule has 1 aromatic rings. The van der Waals surface area contributed by atoms with E-state index in [2.05, 4.69) is 32.9 Å². The Morgan fingerprint density at radius 3 is 1.70 bits per heavy atom. The minimum Gasteiger partial charge on any atom is -0.426 e. The number of carbonyl (C=O) groups excluding carboxylic acids is 1. The van der Waals surface area contributed by atoms with E-state index in [1.54, 1.807) is 0 Å². The molecule has 2 nitrogen and oxygen atoms in total. The van der Waals surface area contributed by atoms with Crippen LogP contribution in [-0.2, 0) is 4.79 Å². The zero-order valence-electron chi connectivity index (χ0n) is 20.4. The van der Waals surface area contributed by atoms with Gasteiger partial charge in [0.2, 0.25) is 0 Å². The van der Waals surface area contributed by atoms with Crippen LogP contribution in [0.25, 0.3) is 0 Å². The van der Waals surface area contributed by atoms with Gasteiger partial charge in [-0.05, 0) is 36.5 Å². The third-order valence-corrected chi connectivity index (χ3v) is 6.00. The molecule has 0 saturated carbocycles. The molecule has 0 bridgehead atoms. The Kier molecular flexibility index (Phi) is 15.5. The van der Waals surface area contributed by atoms with E-state index >= 15 is 0 Å². The molecule has 0 fully saturated rings. The predicted octanol–water partition coefficient (Wildman–Crippen LogP) is 9.29. The van der Waals surface area contributed by atoms with Gasteiger partial charge in [0.15, 0.2) is 0 Å². The summed E-state index contributed by atoms with van der Waals surface area (Å²) in [4.78, 5) is 12.2. The van der Waals surface area contributed by atoms with E-state index in [1.807, 2.05) is 13.0 Å². The molecule has 0 amide bonds. The standard InChI is InChI=1S/C28H48O2/c1-5-6-7-8-9-10-11-12-13-14-15-16-17-18-19-20-28(29)30-27-23-25(4)21-22-26(27)24(2)3/h21-24H,5-20H2,1-4H3. The summed E-state index contributed by atoms with van der Waals surface area (Å²) in [5, 5.41) is 0. The Bertz CT molecular complexity index is 562. The van der Waals surface area contributed by atoms with Gasteiger partial charge in [0.25, 0.3) is 0 Å². The molecule has 30 heavy (non-hydrogen) atoms. The quantitative estimate of drug-likeness (QED) is 0.135. The molecule has 1 rings (SSSR count). The fraction of sp³-hybridized carbons (Fsp3) is 0.750. The number of rotatable bonds is 18. The zero-order valence-corrected chi connectivity index (χ0v) is 20.4. The fourth-order valence-corrected chi connectivity index (χ4v) is 4.02. The lowest BCUT2D eigenvalue weighted by molar-refractivity contribution is -0.134. The number of unbranched alkanes of at least 4 members (excludes halogenated alkanes) is 14. The van der Waals surface area contributed by atoms with Gasteiger partial charge < -0.3 is 4.74 Å². The number of ether oxygens (including phenoxy) is 1.